The van der Waals surface area contributed by atoms with E-state index in [0.29, 0.717) is 0 Å². The van der Waals surface area contributed by atoms with E-state index in [-0.39, 0.29) is 21.7 Å². The van der Waals surface area contributed by atoms with Gasteiger partial charge in [0.05, 0.1) is 16.8 Å². The van der Waals surface area contributed by atoms with Crippen LogP contribution < -0.4 is 4.90 Å². The van der Waals surface area contributed by atoms with Crippen molar-refractivity contribution in [2.24, 2.45) is 0 Å². The lowest BCUT2D eigenvalue weighted by Gasteiger charge is -2.45. The lowest BCUT2D eigenvalue weighted by Crippen LogP contribution is -2.35. The molecule has 0 amide bonds. The topological polar surface area (TPSA) is 3.24 Å². The number of hydrogen-bond donors (Lipinski definition) is 0. The van der Waals surface area contributed by atoms with Gasteiger partial charge in [-0.1, -0.05) is 189 Å². The van der Waals surface area contributed by atoms with Crippen molar-refractivity contribution in [1.29, 1.82) is 0 Å². The molecule has 4 aliphatic rings. The monoisotopic (exact) mass is 869 g/mol. The molecule has 0 saturated heterocycles. The molecule has 0 heterocycles. The molecule has 0 radical (unpaired) electrons. The van der Waals surface area contributed by atoms with E-state index in [1.54, 1.807) is 0 Å². The molecular weight excluding hydrogens is 807 g/mol. The summed E-state index contributed by atoms with van der Waals surface area (Å²) < 4.78 is 0. The zero-order valence-electron chi connectivity index (χ0n) is 40.9. The Labute approximate surface area is 399 Å². The minimum Gasteiger partial charge on any atom is -0.310 e. The van der Waals surface area contributed by atoms with Crippen LogP contribution in [0.2, 0.25) is 0 Å². The Hall–Kier alpha value is -6.44. The Bertz CT molecular complexity index is 3260. The van der Waals surface area contributed by atoms with E-state index in [4.69, 9.17) is 0 Å². The fourth-order valence-corrected chi connectivity index (χ4v) is 13.3. The number of hydrogen-bond acceptors (Lipinski definition) is 1. The van der Waals surface area contributed by atoms with E-state index in [0.717, 1.165) is 12.8 Å². The summed E-state index contributed by atoms with van der Waals surface area (Å²) in [5.74, 6) is 0. The molecule has 332 valence electrons. The Balaban J connectivity index is 1.23. The van der Waals surface area contributed by atoms with Gasteiger partial charge in [-0.3, -0.25) is 0 Å². The molecule has 0 atom stereocenters. The smallest absolute Gasteiger partial charge is 0.0726 e. The van der Waals surface area contributed by atoms with Gasteiger partial charge < -0.3 is 4.90 Å². The van der Waals surface area contributed by atoms with E-state index in [1.807, 2.05) is 0 Å². The molecule has 0 unspecified atom stereocenters. The molecule has 0 fully saturated rings. The van der Waals surface area contributed by atoms with E-state index in [1.165, 1.54) is 124 Å². The standard InChI is InChI=1S/C66H63N/c1-42-38-57-58(64(6,7)35-34-63(57,4)5)40-49(42)51-39-50-48-24-15-18-27-54(48)66(52-25-16-13-22-46(52)47-23-14-17-26-53(47)66)56(50)41-60(51)67(45-32-30-44(31-33-45)43-20-11-10-12-21-43)59-29-19-28-55-61(59)65(8,9)37-36-62(55,2)3/h10-33,38-41H,34-37H2,1-9H3. The van der Waals surface area contributed by atoms with Crippen LogP contribution in [-0.4, -0.2) is 0 Å². The zero-order valence-corrected chi connectivity index (χ0v) is 40.9. The van der Waals surface area contributed by atoms with Gasteiger partial charge >= 0.3 is 0 Å². The SMILES string of the molecule is Cc1cc2c(cc1-c1cc3c(cc1N(c1ccc(-c4ccccc4)cc1)c1cccc4c1C(C)(C)CCC4(C)C)C1(c4ccccc4-c4ccccc41)c1ccccc1-3)C(C)(C)CCC2(C)C. The minimum atomic E-state index is -0.483. The molecule has 0 aromatic heterocycles. The summed E-state index contributed by atoms with van der Waals surface area (Å²) in [5.41, 5.74) is 26.4. The largest absolute Gasteiger partial charge is 0.310 e. The molecule has 8 aromatic carbocycles. The first-order valence-corrected chi connectivity index (χ1v) is 24.9. The van der Waals surface area contributed by atoms with Crippen LogP contribution in [0.25, 0.3) is 44.5 Å². The highest BCUT2D eigenvalue weighted by Gasteiger charge is 2.52. The summed E-state index contributed by atoms with van der Waals surface area (Å²) in [6.45, 7) is 22.1. The van der Waals surface area contributed by atoms with Crippen molar-refractivity contribution in [1.82, 2.24) is 0 Å². The molecular formula is C66H63N. The minimum absolute atomic E-state index is 0.0426. The maximum Gasteiger partial charge on any atom is 0.0726 e. The maximum absolute atomic E-state index is 2.68. The second kappa shape index (κ2) is 14.5. The molecule has 4 aliphatic carbocycles. The molecule has 8 aromatic rings. The van der Waals surface area contributed by atoms with Crippen molar-refractivity contribution in [3.05, 3.63) is 220 Å². The number of fused-ring (bicyclic) bond motifs is 12. The molecule has 1 heteroatoms. The fourth-order valence-electron chi connectivity index (χ4n) is 13.3. The van der Waals surface area contributed by atoms with E-state index < -0.39 is 5.41 Å². The van der Waals surface area contributed by atoms with Crippen molar-refractivity contribution >= 4 is 17.1 Å². The maximum atomic E-state index is 2.68. The third kappa shape index (κ3) is 6.05. The van der Waals surface area contributed by atoms with Crippen molar-refractivity contribution in [3.63, 3.8) is 0 Å². The number of rotatable bonds is 5. The highest BCUT2D eigenvalue weighted by Crippen LogP contribution is 2.65. The predicted molar refractivity (Wildman–Crippen MR) is 284 cm³/mol. The van der Waals surface area contributed by atoms with Crippen LogP contribution in [-0.2, 0) is 27.1 Å². The number of anilines is 3. The summed E-state index contributed by atoms with van der Waals surface area (Å²) in [7, 11) is 0. The van der Waals surface area contributed by atoms with Crippen molar-refractivity contribution in [2.45, 2.75) is 115 Å². The molecule has 67 heavy (non-hydrogen) atoms. The first kappa shape index (κ1) is 42.0. The van der Waals surface area contributed by atoms with E-state index in [2.05, 4.69) is 237 Å². The van der Waals surface area contributed by atoms with Crippen molar-refractivity contribution in [3.8, 4) is 44.5 Å². The average molecular weight is 870 g/mol. The van der Waals surface area contributed by atoms with Crippen LogP contribution in [0.3, 0.4) is 0 Å². The Kier molecular flexibility index (Phi) is 9.10. The normalized spacial score (nSPS) is 18.0. The Morgan fingerprint density at radius 3 is 1.40 bits per heavy atom. The van der Waals surface area contributed by atoms with Crippen LogP contribution in [0.5, 0.6) is 0 Å². The molecule has 1 nitrogen and oxygen atoms in total. The zero-order chi connectivity index (χ0) is 46.3. The fraction of sp³-hybridized carbons (Fsp3) is 0.273. The van der Waals surface area contributed by atoms with Gasteiger partial charge in [0.1, 0.15) is 0 Å². The van der Waals surface area contributed by atoms with Crippen LogP contribution in [0, 0.1) is 6.92 Å². The third-order valence-corrected chi connectivity index (χ3v) is 17.1. The predicted octanol–water partition coefficient (Wildman–Crippen LogP) is 17.8. The summed E-state index contributed by atoms with van der Waals surface area (Å²) in [6, 6.07) is 65.7. The second-order valence-electron chi connectivity index (χ2n) is 23.0. The average Bonchev–Trinajstić information content (AvgIpc) is 3.79. The van der Waals surface area contributed by atoms with Gasteiger partial charge in [0, 0.05) is 11.3 Å². The Morgan fingerprint density at radius 2 is 0.806 bits per heavy atom. The second-order valence-corrected chi connectivity index (χ2v) is 23.0. The van der Waals surface area contributed by atoms with Crippen molar-refractivity contribution < 1.29 is 0 Å². The van der Waals surface area contributed by atoms with Crippen LogP contribution in [0.15, 0.2) is 170 Å². The quantitative estimate of drug-likeness (QED) is 0.167. The molecule has 0 N–H and O–H groups in total. The molecule has 1 spiro atoms. The van der Waals surface area contributed by atoms with Crippen LogP contribution >= 0.6 is 0 Å². The third-order valence-electron chi connectivity index (χ3n) is 17.1. The van der Waals surface area contributed by atoms with Gasteiger partial charge in [-0.05, 0) is 180 Å². The summed E-state index contributed by atoms with van der Waals surface area (Å²) in [6.07, 6.45) is 4.65. The van der Waals surface area contributed by atoms with Crippen molar-refractivity contribution in [2.75, 3.05) is 4.90 Å². The summed E-state index contributed by atoms with van der Waals surface area (Å²) in [5, 5.41) is 0. The number of aryl methyl sites for hydroxylation is 1. The lowest BCUT2D eigenvalue weighted by molar-refractivity contribution is 0.332. The van der Waals surface area contributed by atoms with E-state index >= 15 is 0 Å². The van der Waals surface area contributed by atoms with Gasteiger partial charge in [0.15, 0.2) is 0 Å². The van der Waals surface area contributed by atoms with Gasteiger partial charge in [-0.25, -0.2) is 0 Å². The highest BCUT2D eigenvalue weighted by atomic mass is 15.1. The summed E-state index contributed by atoms with van der Waals surface area (Å²) in [4.78, 5) is 2.68. The Morgan fingerprint density at radius 1 is 0.328 bits per heavy atom. The van der Waals surface area contributed by atoms with Gasteiger partial charge in [-0.15, -0.1) is 0 Å². The first-order chi connectivity index (χ1) is 32.1. The number of nitrogens with zero attached hydrogens (tertiary/aromatic N) is 1. The van der Waals surface area contributed by atoms with Crippen LogP contribution in [0.4, 0.5) is 17.1 Å². The molecule has 0 bridgehead atoms. The van der Waals surface area contributed by atoms with Gasteiger partial charge in [0.2, 0.25) is 0 Å². The van der Waals surface area contributed by atoms with E-state index in [9.17, 15) is 0 Å². The number of benzene rings is 8. The molecule has 12 rings (SSSR count). The van der Waals surface area contributed by atoms with Gasteiger partial charge in [-0.2, -0.15) is 0 Å². The highest BCUT2D eigenvalue weighted by molar-refractivity contribution is 6.01. The lowest BCUT2D eigenvalue weighted by atomic mass is 9.62. The summed E-state index contributed by atoms with van der Waals surface area (Å²) >= 11 is 0. The van der Waals surface area contributed by atoms with Crippen LogP contribution in [0.1, 0.15) is 131 Å². The van der Waals surface area contributed by atoms with Gasteiger partial charge in [0.25, 0.3) is 0 Å². The molecule has 0 aliphatic heterocycles. The first-order valence-electron chi connectivity index (χ1n) is 24.9. The molecule has 0 saturated carbocycles.